The van der Waals surface area contributed by atoms with Crippen molar-refractivity contribution in [2.45, 2.75) is 40.7 Å². The third kappa shape index (κ3) is 4.53. The molecule has 0 bridgehead atoms. The maximum absolute atomic E-state index is 13.6. The van der Waals surface area contributed by atoms with Crippen molar-refractivity contribution < 1.29 is 14.3 Å². The zero-order chi connectivity index (χ0) is 23.7. The quantitative estimate of drug-likeness (QED) is 0.493. The van der Waals surface area contributed by atoms with Gasteiger partial charge in [0.25, 0.3) is 11.8 Å². The molecule has 0 radical (unpaired) electrons. The van der Waals surface area contributed by atoms with Gasteiger partial charge in [-0.05, 0) is 81.6 Å². The van der Waals surface area contributed by atoms with Crippen LogP contribution in [0.2, 0.25) is 0 Å². The minimum Gasteiger partial charge on any atom is -0.491 e. The summed E-state index contributed by atoms with van der Waals surface area (Å²) in [6.07, 6.45) is 0.0362. The second kappa shape index (κ2) is 8.94. The number of hydrogen-bond acceptors (Lipinski definition) is 4. The Hall–Kier alpha value is -3.86. The molecule has 1 N–H and O–H groups in total. The molecule has 0 saturated heterocycles. The Balaban J connectivity index is 1.77. The normalized spacial score (nSPS) is 13.8. The highest BCUT2D eigenvalue weighted by atomic mass is 16.5. The molecule has 0 fully saturated rings. The molecule has 1 aliphatic rings. The summed E-state index contributed by atoms with van der Waals surface area (Å²) in [6, 6.07) is 20.7. The summed E-state index contributed by atoms with van der Waals surface area (Å²) in [5.74, 6) is -0.0449. The summed E-state index contributed by atoms with van der Waals surface area (Å²) >= 11 is 0. The van der Waals surface area contributed by atoms with Crippen LogP contribution in [0.25, 0.3) is 5.57 Å². The lowest BCUT2D eigenvalue weighted by Crippen LogP contribution is -2.32. The van der Waals surface area contributed by atoms with Crippen molar-refractivity contribution in [3.63, 3.8) is 0 Å². The molecule has 168 valence electrons. The van der Waals surface area contributed by atoms with Crippen molar-refractivity contribution in [3.05, 3.63) is 94.7 Å². The smallest absolute Gasteiger partial charge is 0.282 e. The van der Waals surface area contributed by atoms with Crippen LogP contribution in [0.1, 0.15) is 36.1 Å². The molecule has 33 heavy (non-hydrogen) atoms. The number of aryl methyl sites for hydroxylation is 3. The first kappa shape index (κ1) is 22.3. The van der Waals surface area contributed by atoms with Crippen molar-refractivity contribution in [1.29, 1.82) is 0 Å². The van der Waals surface area contributed by atoms with E-state index >= 15 is 0 Å². The molecule has 0 saturated carbocycles. The van der Waals surface area contributed by atoms with Crippen LogP contribution >= 0.6 is 0 Å². The van der Waals surface area contributed by atoms with Gasteiger partial charge in [0.05, 0.1) is 17.4 Å². The molecular weight excluding hydrogens is 412 g/mol. The van der Waals surface area contributed by atoms with Crippen LogP contribution < -0.4 is 15.0 Å². The number of amides is 2. The maximum Gasteiger partial charge on any atom is 0.282 e. The SMILES string of the molecule is Cc1ccc(C2=C(Nc3cc(C)ccc3C)C(=O)N(c3ccc(OC(C)C)cc3)C2=O)cc1. The first-order valence-electron chi connectivity index (χ1n) is 11.1. The van der Waals surface area contributed by atoms with Gasteiger partial charge in [-0.1, -0.05) is 42.0 Å². The van der Waals surface area contributed by atoms with Crippen molar-refractivity contribution in [2.24, 2.45) is 0 Å². The van der Waals surface area contributed by atoms with Crippen molar-refractivity contribution in [2.75, 3.05) is 10.2 Å². The molecule has 0 atom stereocenters. The number of benzene rings is 3. The van der Waals surface area contributed by atoms with Crippen LogP contribution in [0, 0.1) is 20.8 Å². The average molecular weight is 441 g/mol. The lowest BCUT2D eigenvalue weighted by Gasteiger charge is -2.17. The number of anilines is 2. The Morgan fingerprint density at radius 1 is 0.788 bits per heavy atom. The topological polar surface area (TPSA) is 58.6 Å². The monoisotopic (exact) mass is 440 g/mol. The highest BCUT2D eigenvalue weighted by Crippen LogP contribution is 2.35. The van der Waals surface area contributed by atoms with Crippen molar-refractivity contribution in [1.82, 2.24) is 0 Å². The summed E-state index contributed by atoms with van der Waals surface area (Å²) < 4.78 is 5.70. The predicted molar refractivity (Wildman–Crippen MR) is 132 cm³/mol. The van der Waals surface area contributed by atoms with Gasteiger partial charge in [-0.25, -0.2) is 4.90 Å². The van der Waals surface area contributed by atoms with E-state index < -0.39 is 0 Å². The van der Waals surface area contributed by atoms with Gasteiger partial charge in [-0.3, -0.25) is 9.59 Å². The number of imide groups is 1. The Morgan fingerprint density at radius 3 is 2.06 bits per heavy atom. The van der Waals surface area contributed by atoms with Crippen molar-refractivity contribution in [3.8, 4) is 5.75 Å². The molecule has 5 heteroatoms. The van der Waals surface area contributed by atoms with Gasteiger partial charge in [0.15, 0.2) is 0 Å². The summed E-state index contributed by atoms with van der Waals surface area (Å²) in [5, 5.41) is 3.27. The van der Waals surface area contributed by atoms with Gasteiger partial charge in [-0.2, -0.15) is 0 Å². The molecule has 0 spiro atoms. The van der Waals surface area contributed by atoms with E-state index in [2.05, 4.69) is 5.32 Å². The second-order valence-corrected chi connectivity index (χ2v) is 8.67. The third-order valence-electron chi connectivity index (χ3n) is 5.54. The van der Waals surface area contributed by atoms with Crippen LogP contribution in [-0.4, -0.2) is 17.9 Å². The van der Waals surface area contributed by atoms with E-state index in [1.807, 2.05) is 77.1 Å². The molecule has 0 aliphatic carbocycles. The molecule has 5 nitrogen and oxygen atoms in total. The highest BCUT2D eigenvalue weighted by Gasteiger charge is 2.40. The fourth-order valence-electron chi connectivity index (χ4n) is 3.82. The van der Waals surface area contributed by atoms with Crippen LogP contribution in [-0.2, 0) is 9.59 Å². The molecule has 1 heterocycles. The van der Waals surface area contributed by atoms with E-state index in [1.165, 1.54) is 4.90 Å². The van der Waals surface area contributed by atoms with Crippen LogP contribution in [0.4, 0.5) is 11.4 Å². The number of nitrogens with zero attached hydrogens (tertiary/aromatic N) is 1. The molecule has 0 unspecified atom stereocenters. The zero-order valence-corrected chi connectivity index (χ0v) is 19.6. The largest absolute Gasteiger partial charge is 0.491 e. The lowest BCUT2D eigenvalue weighted by atomic mass is 10.0. The summed E-state index contributed by atoms with van der Waals surface area (Å²) in [6.45, 7) is 9.85. The summed E-state index contributed by atoms with van der Waals surface area (Å²) in [5.41, 5.74) is 5.79. The number of hydrogen-bond donors (Lipinski definition) is 1. The van der Waals surface area contributed by atoms with E-state index in [1.54, 1.807) is 24.3 Å². The van der Waals surface area contributed by atoms with Gasteiger partial charge in [0.2, 0.25) is 0 Å². The van der Waals surface area contributed by atoms with E-state index in [-0.39, 0.29) is 23.6 Å². The van der Waals surface area contributed by atoms with E-state index in [4.69, 9.17) is 4.74 Å². The minimum atomic E-state index is -0.381. The first-order valence-corrected chi connectivity index (χ1v) is 11.1. The molecule has 3 aromatic rings. The molecular formula is C28H28N2O3. The molecule has 1 aliphatic heterocycles. The number of carbonyl (C=O) groups is 2. The van der Waals surface area contributed by atoms with Crippen LogP contribution in [0.3, 0.4) is 0 Å². The lowest BCUT2D eigenvalue weighted by molar-refractivity contribution is -0.120. The fraction of sp³-hybridized carbons (Fsp3) is 0.214. The molecule has 4 rings (SSSR count). The van der Waals surface area contributed by atoms with Gasteiger partial charge >= 0.3 is 0 Å². The Kier molecular flexibility index (Phi) is 6.05. The standard InChI is InChI=1S/C28H28N2O3/c1-17(2)33-23-14-12-22(13-15-23)30-27(31)25(21-10-7-18(3)8-11-21)26(28(30)32)29-24-16-19(4)6-9-20(24)5/h6-17,29H,1-5H3. The van der Waals surface area contributed by atoms with Gasteiger partial charge in [-0.15, -0.1) is 0 Å². The van der Waals surface area contributed by atoms with Crippen LogP contribution in [0.5, 0.6) is 5.75 Å². The summed E-state index contributed by atoms with van der Waals surface area (Å²) in [7, 11) is 0. The highest BCUT2D eigenvalue weighted by molar-refractivity contribution is 6.46. The van der Waals surface area contributed by atoms with Gasteiger partial charge in [0.1, 0.15) is 11.4 Å². The minimum absolute atomic E-state index is 0.0362. The van der Waals surface area contributed by atoms with Gasteiger partial charge in [0, 0.05) is 5.69 Å². The number of ether oxygens (including phenoxy) is 1. The Bertz CT molecular complexity index is 1240. The van der Waals surface area contributed by atoms with E-state index in [0.717, 1.165) is 22.4 Å². The molecule has 3 aromatic carbocycles. The van der Waals surface area contributed by atoms with E-state index in [9.17, 15) is 9.59 Å². The predicted octanol–water partition coefficient (Wildman–Crippen LogP) is 5.80. The van der Waals surface area contributed by atoms with Crippen LogP contribution in [0.15, 0.2) is 72.4 Å². The number of nitrogens with one attached hydrogen (secondary N) is 1. The Morgan fingerprint density at radius 2 is 1.42 bits per heavy atom. The first-order chi connectivity index (χ1) is 15.7. The summed E-state index contributed by atoms with van der Waals surface area (Å²) in [4.78, 5) is 28.4. The van der Waals surface area contributed by atoms with Gasteiger partial charge < -0.3 is 10.1 Å². The Labute approximate surface area is 194 Å². The third-order valence-corrected chi connectivity index (χ3v) is 5.54. The van der Waals surface area contributed by atoms with Crippen molar-refractivity contribution >= 4 is 28.8 Å². The zero-order valence-electron chi connectivity index (χ0n) is 19.6. The molecule has 2 amide bonds. The molecule has 0 aromatic heterocycles. The number of rotatable bonds is 6. The fourth-order valence-corrected chi connectivity index (χ4v) is 3.82. The maximum atomic E-state index is 13.6. The average Bonchev–Trinajstić information content (AvgIpc) is 3.01. The second-order valence-electron chi connectivity index (χ2n) is 8.67. The number of carbonyl (C=O) groups excluding carboxylic acids is 2. The van der Waals surface area contributed by atoms with E-state index in [0.29, 0.717) is 22.6 Å².